The molecule has 0 radical (unpaired) electrons. The minimum absolute atomic E-state index is 0.349. The number of amides is 1. The van der Waals surface area contributed by atoms with Crippen LogP contribution in [0, 0.1) is 20.8 Å². The Labute approximate surface area is 140 Å². The van der Waals surface area contributed by atoms with Crippen LogP contribution in [0.4, 0.5) is 5.69 Å². The zero-order valence-corrected chi connectivity index (χ0v) is 14.0. The molecule has 23 heavy (non-hydrogen) atoms. The zero-order chi connectivity index (χ0) is 17.0. The predicted octanol–water partition coefficient (Wildman–Crippen LogP) is 4.06. The number of benzene rings is 2. The monoisotopic (exact) mass is 331 g/mol. The molecule has 2 aromatic rings. The van der Waals surface area contributed by atoms with Crippen molar-refractivity contribution in [2.24, 2.45) is 0 Å². The van der Waals surface area contributed by atoms with Gasteiger partial charge in [-0.25, -0.2) is 4.79 Å². The average Bonchev–Trinajstić information content (AvgIpc) is 2.47. The van der Waals surface area contributed by atoms with Crippen molar-refractivity contribution in [3.8, 4) is 0 Å². The second-order valence-corrected chi connectivity index (χ2v) is 5.90. The van der Waals surface area contributed by atoms with E-state index in [-0.39, 0.29) is 6.61 Å². The SMILES string of the molecule is Cc1cc(C)cc(C(=O)OCC(=O)Nc2cc(Cl)ccc2C)c1. The number of anilines is 1. The molecule has 0 aliphatic heterocycles. The first-order valence-corrected chi connectivity index (χ1v) is 7.54. The summed E-state index contributed by atoms with van der Waals surface area (Å²) in [5.74, 6) is -0.928. The molecule has 2 rings (SSSR count). The molecule has 0 fully saturated rings. The standard InChI is InChI=1S/C18H18ClNO3/c1-11-6-12(2)8-14(7-11)18(22)23-10-17(21)20-16-9-15(19)5-4-13(16)3/h4-9H,10H2,1-3H3,(H,20,21). The van der Waals surface area contributed by atoms with E-state index in [1.54, 1.807) is 30.3 Å². The van der Waals surface area contributed by atoms with Crippen LogP contribution < -0.4 is 5.32 Å². The van der Waals surface area contributed by atoms with E-state index in [4.69, 9.17) is 16.3 Å². The number of rotatable bonds is 4. The second-order valence-electron chi connectivity index (χ2n) is 5.46. The molecular weight excluding hydrogens is 314 g/mol. The number of carbonyl (C=O) groups excluding carboxylic acids is 2. The molecule has 0 heterocycles. The van der Waals surface area contributed by atoms with Crippen molar-refractivity contribution in [3.05, 3.63) is 63.7 Å². The summed E-state index contributed by atoms with van der Waals surface area (Å²) < 4.78 is 5.06. The lowest BCUT2D eigenvalue weighted by Gasteiger charge is -2.10. The molecule has 0 saturated heterocycles. The Hall–Kier alpha value is -2.33. The highest BCUT2D eigenvalue weighted by molar-refractivity contribution is 6.31. The van der Waals surface area contributed by atoms with Gasteiger partial charge in [0.2, 0.25) is 0 Å². The molecule has 1 amide bonds. The van der Waals surface area contributed by atoms with Crippen LogP contribution in [0.25, 0.3) is 0 Å². The number of hydrogen-bond donors (Lipinski definition) is 1. The van der Waals surface area contributed by atoms with Gasteiger partial charge in [0.15, 0.2) is 6.61 Å². The molecular formula is C18H18ClNO3. The fraction of sp³-hybridized carbons (Fsp3) is 0.222. The third kappa shape index (κ3) is 4.83. The summed E-state index contributed by atoms with van der Waals surface area (Å²) in [6.45, 7) is 5.31. The van der Waals surface area contributed by atoms with Gasteiger partial charge in [-0.1, -0.05) is 34.9 Å². The fourth-order valence-corrected chi connectivity index (χ4v) is 2.39. The van der Waals surface area contributed by atoms with E-state index in [2.05, 4.69) is 5.32 Å². The summed E-state index contributed by atoms with van der Waals surface area (Å²) in [7, 11) is 0. The van der Waals surface area contributed by atoms with Gasteiger partial charge in [0.05, 0.1) is 5.56 Å². The summed E-state index contributed by atoms with van der Waals surface area (Å²) >= 11 is 5.90. The van der Waals surface area contributed by atoms with Crippen molar-refractivity contribution in [1.29, 1.82) is 0 Å². The lowest BCUT2D eigenvalue weighted by atomic mass is 10.1. The van der Waals surface area contributed by atoms with Gasteiger partial charge < -0.3 is 10.1 Å². The minimum Gasteiger partial charge on any atom is -0.452 e. The van der Waals surface area contributed by atoms with Crippen LogP contribution in [0.1, 0.15) is 27.0 Å². The van der Waals surface area contributed by atoms with E-state index in [0.29, 0.717) is 16.3 Å². The van der Waals surface area contributed by atoms with E-state index < -0.39 is 11.9 Å². The van der Waals surface area contributed by atoms with E-state index in [1.807, 2.05) is 26.8 Å². The molecule has 4 nitrogen and oxygen atoms in total. The number of ether oxygens (including phenoxy) is 1. The first-order valence-electron chi connectivity index (χ1n) is 7.16. The van der Waals surface area contributed by atoms with Gasteiger partial charge in [0.25, 0.3) is 5.91 Å². The Balaban J connectivity index is 1.96. The van der Waals surface area contributed by atoms with Crippen molar-refractivity contribution in [1.82, 2.24) is 0 Å². The predicted molar refractivity (Wildman–Crippen MR) is 91.0 cm³/mol. The quantitative estimate of drug-likeness (QED) is 0.859. The van der Waals surface area contributed by atoms with E-state index >= 15 is 0 Å². The first-order chi connectivity index (χ1) is 10.8. The second kappa shape index (κ2) is 7.29. The lowest BCUT2D eigenvalue weighted by Crippen LogP contribution is -2.21. The van der Waals surface area contributed by atoms with Gasteiger partial charge in [-0.3, -0.25) is 4.79 Å². The Kier molecular flexibility index (Phi) is 5.40. The zero-order valence-electron chi connectivity index (χ0n) is 13.3. The summed E-state index contributed by atoms with van der Waals surface area (Å²) in [5.41, 5.74) is 3.86. The van der Waals surface area contributed by atoms with Crippen molar-refractivity contribution < 1.29 is 14.3 Å². The Morgan fingerprint density at radius 1 is 1.04 bits per heavy atom. The summed E-state index contributed by atoms with van der Waals surface area (Å²) in [4.78, 5) is 23.9. The van der Waals surface area contributed by atoms with E-state index in [0.717, 1.165) is 16.7 Å². The van der Waals surface area contributed by atoms with Crippen molar-refractivity contribution in [3.63, 3.8) is 0 Å². The minimum atomic E-state index is -0.519. The van der Waals surface area contributed by atoms with Crippen LogP contribution in [-0.2, 0) is 9.53 Å². The van der Waals surface area contributed by atoms with E-state index in [9.17, 15) is 9.59 Å². The molecule has 0 bridgehead atoms. The van der Waals surface area contributed by atoms with Crippen molar-refractivity contribution in [2.45, 2.75) is 20.8 Å². The van der Waals surface area contributed by atoms with Crippen LogP contribution in [0.3, 0.4) is 0 Å². The molecule has 0 atom stereocenters. The molecule has 0 unspecified atom stereocenters. The van der Waals surface area contributed by atoms with Crippen LogP contribution in [0.2, 0.25) is 5.02 Å². The maximum Gasteiger partial charge on any atom is 0.338 e. The van der Waals surface area contributed by atoms with Crippen molar-refractivity contribution in [2.75, 3.05) is 11.9 Å². The summed E-state index contributed by atoms with van der Waals surface area (Å²) in [5, 5.41) is 3.21. The van der Waals surface area contributed by atoms with Gasteiger partial charge in [0, 0.05) is 10.7 Å². The first kappa shape index (κ1) is 17.0. The molecule has 0 spiro atoms. The molecule has 0 saturated carbocycles. The topological polar surface area (TPSA) is 55.4 Å². The van der Waals surface area contributed by atoms with Crippen LogP contribution in [0.15, 0.2) is 36.4 Å². The van der Waals surface area contributed by atoms with Gasteiger partial charge in [-0.2, -0.15) is 0 Å². The number of halogens is 1. The van der Waals surface area contributed by atoms with Crippen molar-refractivity contribution >= 4 is 29.2 Å². The molecule has 120 valence electrons. The van der Waals surface area contributed by atoms with Gasteiger partial charge >= 0.3 is 5.97 Å². The molecule has 0 aromatic heterocycles. The molecule has 0 aliphatic rings. The van der Waals surface area contributed by atoms with Gasteiger partial charge in [0.1, 0.15) is 0 Å². The highest BCUT2D eigenvalue weighted by atomic mass is 35.5. The molecule has 1 N–H and O–H groups in total. The van der Waals surface area contributed by atoms with E-state index in [1.165, 1.54) is 0 Å². The van der Waals surface area contributed by atoms with Crippen LogP contribution in [0.5, 0.6) is 0 Å². The maximum absolute atomic E-state index is 12.0. The Bertz CT molecular complexity index is 736. The number of esters is 1. The smallest absolute Gasteiger partial charge is 0.338 e. The molecule has 0 aliphatic carbocycles. The third-order valence-corrected chi connectivity index (χ3v) is 3.50. The summed E-state index contributed by atoms with van der Waals surface area (Å²) in [6, 6.07) is 10.6. The number of carbonyl (C=O) groups is 2. The Morgan fingerprint density at radius 3 is 2.35 bits per heavy atom. The highest BCUT2D eigenvalue weighted by Gasteiger charge is 2.12. The normalized spacial score (nSPS) is 10.3. The number of aryl methyl sites for hydroxylation is 3. The largest absolute Gasteiger partial charge is 0.452 e. The third-order valence-electron chi connectivity index (χ3n) is 3.27. The molecule has 5 heteroatoms. The van der Waals surface area contributed by atoms with Crippen LogP contribution >= 0.6 is 11.6 Å². The number of nitrogens with one attached hydrogen (secondary N) is 1. The van der Waals surface area contributed by atoms with Gasteiger partial charge in [-0.05, 0) is 50.6 Å². The maximum atomic E-state index is 12.0. The van der Waals surface area contributed by atoms with Gasteiger partial charge in [-0.15, -0.1) is 0 Å². The Morgan fingerprint density at radius 2 is 1.70 bits per heavy atom. The summed E-state index contributed by atoms with van der Waals surface area (Å²) in [6.07, 6.45) is 0. The fourth-order valence-electron chi connectivity index (χ4n) is 2.22. The molecule has 2 aromatic carbocycles. The lowest BCUT2D eigenvalue weighted by molar-refractivity contribution is -0.119. The van der Waals surface area contributed by atoms with Crippen LogP contribution in [-0.4, -0.2) is 18.5 Å². The average molecular weight is 332 g/mol. The number of hydrogen-bond acceptors (Lipinski definition) is 3. The highest BCUT2D eigenvalue weighted by Crippen LogP contribution is 2.20.